The van der Waals surface area contributed by atoms with Gasteiger partial charge in [0.05, 0.1) is 5.75 Å². The fraction of sp³-hybridized carbons (Fsp3) is 0.500. The van der Waals surface area contributed by atoms with Gasteiger partial charge < -0.3 is 0 Å². The molecule has 0 bridgehead atoms. The molecule has 0 spiro atoms. The summed E-state index contributed by atoms with van der Waals surface area (Å²) in [5.41, 5.74) is 1.06. The van der Waals surface area contributed by atoms with Crippen molar-refractivity contribution in [1.29, 1.82) is 0 Å². The van der Waals surface area contributed by atoms with Crippen molar-refractivity contribution < 1.29 is 13.0 Å². The van der Waals surface area contributed by atoms with Crippen LogP contribution in [-0.2, 0) is 16.5 Å². The van der Waals surface area contributed by atoms with Crippen LogP contribution in [0.15, 0.2) is 6.07 Å². The zero-order valence-electron chi connectivity index (χ0n) is 6.99. The smallest absolute Gasteiger partial charge is 0.264 e. The normalized spacial score (nSPS) is 11.8. The minimum Gasteiger partial charge on any atom is -0.286 e. The lowest BCUT2D eigenvalue weighted by Crippen LogP contribution is -2.03. The Bertz CT molecular complexity index is 326. The van der Waals surface area contributed by atoms with Crippen LogP contribution in [0.25, 0.3) is 0 Å². The SMILES string of the molecule is O=S(=O)(O)CCCCc1[c]s[c]c1. The number of rotatable bonds is 5. The number of unbranched alkanes of at least 4 members (excludes halogenated alkanes) is 1. The number of hydrogen-bond acceptors (Lipinski definition) is 3. The van der Waals surface area contributed by atoms with Crippen LogP contribution in [0.4, 0.5) is 0 Å². The van der Waals surface area contributed by atoms with Crippen LogP contribution in [0, 0.1) is 10.8 Å². The Morgan fingerprint density at radius 3 is 2.77 bits per heavy atom. The Morgan fingerprint density at radius 1 is 1.46 bits per heavy atom. The molecule has 3 nitrogen and oxygen atoms in total. The first kappa shape index (κ1) is 10.7. The second kappa shape index (κ2) is 4.74. The Kier molecular flexibility index (Phi) is 3.90. The molecule has 0 aliphatic heterocycles. The van der Waals surface area contributed by atoms with Crippen LogP contribution in [-0.4, -0.2) is 18.7 Å². The summed E-state index contributed by atoms with van der Waals surface area (Å²) in [5, 5.41) is 5.91. The highest BCUT2D eigenvalue weighted by Crippen LogP contribution is 2.08. The third-order valence-corrected chi connectivity index (χ3v) is 2.98. The van der Waals surface area contributed by atoms with E-state index in [1.165, 1.54) is 11.3 Å². The summed E-state index contributed by atoms with van der Waals surface area (Å²) < 4.78 is 29.1. The maximum absolute atomic E-state index is 10.3. The van der Waals surface area contributed by atoms with Gasteiger partial charge in [-0.3, -0.25) is 4.55 Å². The van der Waals surface area contributed by atoms with Crippen molar-refractivity contribution in [1.82, 2.24) is 0 Å². The molecule has 1 N–H and O–H groups in total. The number of aryl methyl sites for hydroxylation is 1. The predicted molar refractivity (Wildman–Crippen MR) is 51.3 cm³/mol. The van der Waals surface area contributed by atoms with Gasteiger partial charge in [0.2, 0.25) is 0 Å². The van der Waals surface area contributed by atoms with Crippen molar-refractivity contribution in [2.75, 3.05) is 5.75 Å². The van der Waals surface area contributed by atoms with Crippen molar-refractivity contribution in [2.45, 2.75) is 19.3 Å². The van der Waals surface area contributed by atoms with Gasteiger partial charge in [0.15, 0.2) is 0 Å². The fourth-order valence-electron chi connectivity index (χ4n) is 0.948. The molecule has 1 aromatic rings. The molecule has 0 unspecified atom stereocenters. The van der Waals surface area contributed by atoms with Gasteiger partial charge in [-0.15, -0.1) is 11.3 Å². The summed E-state index contributed by atoms with van der Waals surface area (Å²) in [5.74, 6) is -0.152. The average molecular weight is 218 g/mol. The maximum Gasteiger partial charge on any atom is 0.264 e. The summed E-state index contributed by atoms with van der Waals surface area (Å²) in [6.45, 7) is 0. The molecule has 2 radical (unpaired) electrons. The molecule has 5 heteroatoms. The summed E-state index contributed by atoms with van der Waals surface area (Å²) in [6.07, 6.45) is 2.04. The average Bonchev–Trinajstić information content (AvgIpc) is 2.48. The van der Waals surface area contributed by atoms with E-state index in [4.69, 9.17) is 4.55 Å². The Hall–Kier alpha value is -0.390. The first-order chi connectivity index (χ1) is 6.08. The molecule has 0 amide bonds. The van der Waals surface area contributed by atoms with E-state index in [0.29, 0.717) is 6.42 Å². The molecule has 1 heterocycles. The second-order valence-electron chi connectivity index (χ2n) is 2.73. The van der Waals surface area contributed by atoms with Crippen molar-refractivity contribution >= 4 is 21.5 Å². The molecule has 1 rings (SSSR count). The first-order valence-corrected chi connectivity index (χ1v) is 6.32. The topological polar surface area (TPSA) is 54.4 Å². The molecule has 0 saturated heterocycles. The van der Waals surface area contributed by atoms with Crippen LogP contribution < -0.4 is 0 Å². The standard InChI is InChI=1S/C8H10O3S2/c9-13(10,11)6-2-1-3-8-4-5-12-7-8/h4H,1-3,6H2,(H,9,10,11). The van der Waals surface area contributed by atoms with Crippen molar-refractivity contribution in [3.63, 3.8) is 0 Å². The lowest BCUT2D eigenvalue weighted by Gasteiger charge is -1.96. The van der Waals surface area contributed by atoms with Crippen molar-refractivity contribution in [3.8, 4) is 0 Å². The molecule has 13 heavy (non-hydrogen) atoms. The Labute approximate surface area is 82.2 Å². The van der Waals surface area contributed by atoms with Crippen LogP contribution in [0.3, 0.4) is 0 Å². The molecule has 0 aliphatic rings. The molecule has 72 valence electrons. The minimum absolute atomic E-state index is 0.152. The summed E-state index contributed by atoms with van der Waals surface area (Å²) in [7, 11) is -3.78. The predicted octanol–water partition coefficient (Wildman–Crippen LogP) is 1.56. The highest BCUT2D eigenvalue weighted by molar-refractivity contribution is 7.85. The third-order valence-electron chi connectivity index (χ3n) is 1.57. The molecule has 0 aromatic carbocycles. The summed E-state index contributed by atoms with van der Waals surface area (Å²) >= 11 is 1.39. The van der Waals surface area contributed by atoms with E-state index in [2.05, 4.69) is 10.8 Å². The largest absolute Gasteiger partial charge is 0.286 e. The van der Waals surface area contributed by atoms with Gasteiger partial charge in [-0.2, -0.15) is 8.42 Å². The van der Waals surface area contributed by atoms with Crippen LogP contribution in [0.5, 0.6) is 0 Å². The highest BCUT2D eigenvalue weighted by atomic mass is 32.2. The lowest BCUT2D eigenvalue weighted by molar-refractivity contribution is 0.480. The molecule has 0 aliphatic carbocycles. The van der Waals surface area contributed by atoms with Gasteiger partial charge >= 0.3 is 0 Å². The highest BCUT2D eigenvalue weighted by Gasteiger charge is 2.03. The van der Waals surface area contributed by atoms with Gasteiger partial charge in [-0.1, -0.05) is 0 Å². The van der Waals surface area contributed by atoms with Gasteiger partial charge in [0, 0.05) is 10.8 Å². The van der Waals surface area contributed by atoms with Gasteiger partial charge in [-0.25, -0.2) is 0 Å². The second-order valence-corrected chi connectivity index (χ2v) is 4.95. The van der Waals surface area contributed by atoms with Gasteiger partial charge in [0.25, 0.3) is 10.1 Å². The van der Waals surface area contributed by atoms with Gasteiger partial charge in [-0.05, 0) is 30.9 Å². The third kappa shape index (κ3) is 5.02. The molecule has 0 atom stereocenters. The number of thiophene rings is 1. The van der Waals surface area contributed by atoms with E-state index in [9.17, 15) is 8.42 Å². The first-order valence-electron chi connectivity index (χ1n) is 3.89. The van der Waals surface area contributed by atoms with E-state index in [0.717, 1.165) is 18.4 Å². The molecular weight excluding hydrogens is 208 g/mol. The van der Waals surface area contributed by atoms with Crippen LogP contribution in [0.1, 0.15) is 18.4 Å². The number of hydrogen-bond donors (Lipinski definition) is 1. The molecule has 0 fully saturated rings. The van der Waals surface area contributed by atoms with Crippen molar-refractivity contribution in [3.05, 3.63) is 22.4 Å². The van der Waals surface area contributed by atoms with Crippen LogP contribution in [0.2, 0.25) is 0 Å². The van der Waals surface area contributed by atoms with E-state index in [1.807, 2.05) is 6.07 Å². The Balaban J connectivity index is 2.16. The van der Waals surface area contributed by atoms with E-state index < -0.39 is 10.1 Å². The zero-order chi connectivity index (χ0) is 9.73. The van der Waals surface area contributed by atoms with E-state index >= 15 is 0 Å². The van der Waals surface area contributed by atoms with Crippen molar-refractivity contribution in [2.24, 2.45) is 0 Å². The van der Waals surface area contributed by atoms with Crippen LogP contribution >= 0.6 is 11.3 Å². The molecular formula is C8H10O3S2. The summed E-state index contributed by atoms with van der Waals surface area (Å²) in [6, 6.07) is 1.85. The fourth-order valence-corrected chi connectivity index (χ4v) is 2.07. The Morgan fingerprint density at radius 2 is 2.23 bits per heavy atom. The quantitative estimate of drug-likeness (QED) is 0.602. The summed E-state index contributed by atoms with van der Waals surface area (Å²) in [4.78, 5) is 0. The lowest BCUT2D eigenvalue weighted by atomic mass is 10.2. The maximum atomic E-state index is 10.3. The molecule has 0 saturated carbocycles. The van der Waals surface area contributed by atoms with Gasteiger partial charge in [0.1, 0.15) is 0 Å². The molecule has 1 aromatic heterocycles. The van der Waals surface area contributed by atoms with E-state index in [1.54, 1.807) is 0 Å². The minimum atomic E-state index is -3.78. The zero-order valence-corrected chi connectivity index (χ0v) is 8.62. The monoisotopic (exact) mass is 218 g/mol. The van der Waals surface area contributed by atoms with E-state index in [-0.39, 0.29) is 5.75 Å².